The lowest BCUT2D eigenvalue weighted by atomic mass is 9.93. The van der Waals surface area contributed by atoms with Crippen LogP contribution in [-0.4, -0.2) is 5.11 Å². The molecule has 1 atom stereocenters. The lowest BCUT2D eigenvalue weighted by molar-refractivity contribution is 0.221. The first-order chi connectivity index (χ1) is 10.1. The zero-order valence-electron chi connectivity index (χ0n) is 11.5. The number of rotatable bonds is 2. The molecule has 0 saturated heterocycles. The SMILES string of the molecule is Cc1c(Br)cccc1C(O)c1ccc(Br)c2ccccc12. The van der Waals surface area contributed by atoms with Gasteiger partial charge in [-0.05, 0) is 46.5 Å². The van der Waals surface area contributed by atoms with Gasteiger partial charge in [0.1, 0.15) is 6.10 Å². The van der Waals surface area contributed by atoms with E-state index in [2.05, 4.69) is 37.9 Å². The number of hydrogen-bond donors (Lipinski definition) is 1. The lowest BCUT2D eigenvalue weighted by Gasteiger charge is -2.17. The summed E-state index contributed by atoms with van der Waals surface area (Å²) >= 11 is 7.10. The standard InChI is InChI=1S/C18H14Br2O/c1-11-12(7-4-8-16(11)19)18(21)15-9-10-17(20)14-6-3-2-5-13(14)15/h2-10,18,21H,1H3. The van der Waals surface area contributed by atoms with Crippen LogP contribution >= 0.6 is 31.9 Å². The summed E-state index contributed by atoms with van der Waals surface area (Å²) in [5, 5.41) is 13.0. The summed E-state index contributed by atoms with van der Waals surface area (Å²) in [4.78, 5) is 0. The molecule has 3 rings (SSSR count). The molecule has 0 fully saturated rings. The molecular weight excluding hydrogens is 392 g/mol. The quantitative estimate of drug-likeness (QED) is 0.574. The van der Waals surface area contributed by atoms with E-state index in [0.29, 0.717) is 0 Å². The zero-order chi connectivity index (χ0) is 15.0. The van der Waals surface area contributed by atoms with Crippen LogP contribution in [0.4, 0.5) is 0 Å². The van der Waals surface area contributed by atoms with Crippen LogP contribution in [0.3, 0.4) is 0 Å². The molecule has 1 N–H and O–H groups in total. The molecule has 106 valence electrons. The Balaban J connectivity index is 2.21. The minimum Gasteiger partial charge on any atom is -0.384 e. The van der Waals surface area contributed by atoms with Crippen LogP contribution < -0.4 is 0 Å². The molecule has 0 bridgehead atoms. The fourth-order valence-electron chi connectivity index (χ4n) is 2.61. The Bertz CT molecular complexity index is 811. The van der Waals surface area contributed by atoms with Gasteiger partial charge in [-0.1, -0.05) is 74.3 Å². The van der Waals surface area contributed by atoms with Gasteiger partial charge in [0.2, 0.25) is 0 Å². The van der Waals surface area contributed by atoms with Crippen LogP contribution in [0.25, 0.3) is 10.8 Å². The van der Waals surface area contributed by atoms with E-state index >= 15 is 0 Å². The molecule has 21 heavy (non-hydrogen) atoms. The van der Waals surface area contributed by atoms with Gasteiger partial charge in [0.25, 0.3) is 0 Å². The number of fused-ring (bicyclic) bond motifs is 1. The molecule has 0 radical (unpaired) electrons. The number of aliphatic hydroxyl groups is 1. The Morgan fingerprint density at radius 1 is 0.762 bits per heavy atom. The highest BCUT2D eigenvalue weighted by atomic mass is 79.9. The highest BCUT2D eigenvalue weighted by Gasteiger charge is 2.17. The Morgan fingerprint density at radius 2 is 1.48 bits per heavy atom. The summed E-state index contributed by atoms with van der Waals surface area (Å²) in [5.74, 6) is 0. The van der Waals surface area contributed by atoms with Crippen LogP contribution in [0.5, 0.6) is 0 Å². The van der Waals surface area contributed by atoms with Gasteiger partial charge in [0.05, 0.1) is 0 Å². The van der Waals surface area contributed by atoms with Gasteiger partial charge >= 0.3 is 0 Å². The maximum absolute atomic E-state index is 10.8. The molecule has 0 heterocycles. The molecule has 0 aromatic heterocycles. The van der Waals surface area contributed by atoms with Gasteiger partial charge in [-0.25, -0.2) is 0 Å². The number of aliphatic hydroxyl groups excluding tert-OH is 1. The van der Waals surface area contributed by atoms with E-state index in [1.807, 2.05) is 55.5 Å². The lowest BCUT2D eigenvalue weighted by Crippen LogP contribution is -2.03. The Morgan fingerprint density at radius 3 is 2.24 bits per heavy atom. The minimum atomic E-state index is -0.638. The van der Waals surface area contributed by atoms with Gasteiger partial charge in [0.15, 0.2) is 0 Å². The third-order valence-corrected chi connectivity index (χ3v) is 5.35. The molecule has 0 aliphatic rings. The van der Waals surface area contributed by atoms with Crippen LogP contribution in [0.2, 0.25) is 0 Å². The van der Waals surface area contributed by atoms with Crippen molar-refractivity contribution in [1.82, 2.24) is 0 Å². The van der Waals surface area contributed by atoms with Crippen molar-refractivity contribution in [3.05, 3.63) is 80.2 Å². The maximum Gasteiger partial charge on any atom is 0.105 e. The van der Waals surface area contributed by atoms with E-state index in [0.717, 1.165) is 36.4 Å². The van der Waals surface area contributed by atoms with Crippen molar-refractivity contribution >= 4 is 42.6 Å². The first-order valence-electron chi connectivity index (χ1n) is 6.70. The fraction of sp³-hybridized carbons (Fsp3) is 0.111. The van der Waals surface area contributed by atoms with Crippen molar-refractivity contribution in [3.8, 4) is 0 Å². The Kier molecular flexibility index (Phi) is 4.16. The summed E-state index contributed by atoms with van der Waals surface area (Å²) in [6, 6.07) is 18.0. The van der Waals surface area contributed by atoms with Crippen molar-refractivity contribution in [2.45, 2.75) is 13.0 Å². The van der Waals surface area contributed by atoms with E-state index < -0.39 is 6.10 Å². The largest absolute Gasteiger partial charge is 0.384 e. The monoisotopic (exact) mass is 404 g/mol. The van der Waals surface area contributed by atoms with E-state index in [1.165, 1.54) is 0 Å². The van der Waals surface area contributed by atoms with E-state index in [4.69, 9.17) is 0 Å². The van der Waals surface area contributed by atoms with Crippen molar-refractivity contribution in [3.63, 3.8) is 0 Å². The topological polar surface area (TPSA) is 20.2 Å². The molecular formula is C18H14Br2O. The number of benzene rings is 3. The third-order valence-electron chi connectivity index (χ3n) is 3.80. The van der Waals surface area contributed by atoms with Crippen LogP contribution in [0.15, 0.2) is 63.5 Å². The molecule has 0 amide bonds. The average molecular weight is 406 g/mol. The van der Waals surface area contributed by atoms with Crippen molar-refractivity contribution in [2.24, 2.45) is 0 Å². The first kappa shape index (κ1) is 14.8. The molecule has 1 nitrogen and oxygen atoms in total. The highest BCUT2D eigenvalue weighted by Crippen LogP contribution is 2.35. The van der Waals surface area contributed by atoms with Crippen LogP contribution in [0.1, 0.15) is 22.8 Å². The van der Waals surface area contributed by atoms with E-state index in [1.54, 1.807) is 0 Å². The molecule has 3 aromatic carbocycles. The summed E-state index contributed by atoms with van der Waals surface area (Å²) < 4.78 is 2.06. The summed E-state index contributed by atoms with van der Waals surface area (Å²) in [6.07, 6.45) is -0.638. The Labute approximate surface area is 140 Å². The normalized spacial score (nSPS) is 12.6. The van der Waals surface area contributed by atoms with Gasteiger partial charge < -0.3 is 5.11 Å². The smallest absolute Gasteiger partial charge is 0.105 e. The molecule has 0 aliphatic heterocycles. The van der Waals surface area contributed by atoms with Crippen molar-refractivity contribution in [2.75, 3.05) is 0 Å². The average Bonchev–Trinajstić information content (AvgIpc) is 2.50. The fourth-order valence-corrected chi connectivity index (χ4v) is 3.47. The summed E-state index contributed by atoms with van der Waals surface area (Å²) in [6.45, 7) is 2.02. The predicted molar refractivity (Wildman–Crippen MR) is 94.6 cm³/mol. The van der Waals surface area contributed by atoms with Gasteiger partial charge in [-0.2, -0.15) is 0 Å². The van der Waals surface area contributed by atoms with Gasteiger partial charge in [-0.3, -0.25) is 0 Å². The minimum absolute atomic E-state index is 0.638. The second-order valence-electron chi connectivity index (χ2n) is 5.04. The third kappa shape index (κ3) is 2.66. The first-order valence-corrected chi connectivity index (χ1v) is 8.28. The van der Waals surface area contributed by atoms with Crippen LogP contribution in [0, 0.1) is 6.92 Å². The van der Waals surface area contributed by atoms with Crippen molar-refractivity contribution in [1.29, 1.82) is 0 Å². The molecule has 0 spiro atoms. The second-order valence-corrected chi connectivity index (χ2v) is 6.75. The molecule has 0 aliphatic carbocycles. The Hall–Kier alpha value is -1.16. The maximum atomic E-state index is 10.8. The van der Waals surface area contributed by atoms with Crippen LogP contribution in [-0.2, 0) is 0 Å². The van der Waals surface area contributed by atoms with E-state index in [-0.39, 0.29) is 0 Å². The zero-order valence-corrected chi connectivity index (χ0v) is 14.6. The molecule has 3 heteroatoms. The van der Waals surface area contributed by atoms with Crippen molar-refractivity contribution < 1.29 is 5.11 Å². The van der Waals surface area contributed by atoms with E-state index in [9.17, 15) is 5.11 Å². The number of halogens is 2. The molecule has 1 unspecified atom stereocenters. The summed E-state index contributed by atoms with van der Waals surface area (Å²) in [5.41, 5.74) is 2.92. The predicted octanol–water partition coefficient (Wildman–Crippen LogP) is 5.75. The van der Waals surface area contributed by atoms with Gasteiger partial charge in [-0.15, -0.1) is 0 Å². The molecule has 0 saturated carbocycles. The number of hydrogen-bond acceptors (Lipinski definition) is 1. The highest BCUT2D eigenvalue weighted by molar-refractivity contribution is 9.11. The second kappa shape index (κ2) is 5.91. The molecule has 3 aromatic rings. The van der Waals surface area contributed by atoms with Gasteiger partial charge in [0, 0.05) is 8.95 Å². The summed E-state index contributed by atoms with van der Waals surface area (Å²) in [7, 11) is 0.